The van der Waals surface area contributed by atoms with Gasteiger partial charge in [0.15, 0.2) is 5.13 Å². The zero-order chi connectivity index (χ0) is 14.8. The lowest BCUT2D eigenvalue weighted by atomic mass is 9.85. The normalized spacial score (nSPS) is 20.8. The highest BCUT2D eigenvalue weighted by Crippen LogP contribution is 2.35. The summed E-state index contributed by atoms with van der Waals surface area (Å²) < 4.78 is 0. The van der Waals surface area contributed by atoms with Crippen molar-refractivity contribution in [3.05, 3.63) is 10.6 Å². The van der Waals surface area contributed by atoms with Crippen molar-refractivity contribution in [2.24, 2.45) is 11.1 Å². The Balaban J connectivity index is 2.18. The fourth-order valence-electron chi connectivity index (χ4n) is 2.82. The van der Waals surface area contributed by atoms with Crippen molar-refractivity contribution in [2.75, 3.05) is 18.0 Å². The molecule has 1 aliphatic heterocycles. The number of hydrogen-bond acceptors (Lipinski definition) is 4. The Labute approximate surface area is 127 Å². The van der Waals surface area contributed by atoms with Crippen molar-refractivity contribution < 1.29 is 0 Å². The van der Waals surface area contributed by atoms with Gasteiger partial charge in [-0.3, -0.25) is 0 Å². The second kappa shape index (κ2) is 6.44. The second-order valence-electron chi connectivity index (χ2n) is 6.82. The molecule has 0 spiro atoms. The molecule has 1 aromatic rings. The molecule has 1 unspecified atom stereocenters. The number of anilines is 1. The van der Waals surface area contributed by atoms with E-state index in [1.54, 1.807) is 0 Å². The molecule has 2 rings (SSSR count). The van der Waals surface area contributed by atoms with Crippen LogP contribution in [0.1, 0.15) is 69.9 Å². The average Bonchev–Trinajstić information content (AvgIpc) is 2.77. The maximum absolute atomic E-state index is 5.91. The van der Waals surface area contributed by atoms with Crippen molar-refractivity contribution in [3.63, 3.8) is 0 Å². The van der Waals surface area contributed by atoms with E-state index in [-0.39, 0.29) is 0 Å². The largest absolute Gasteiger partial charge is 0.348 e. The van der Waals surface area contributed by atoms with E-state index in [1.165, 1.54) is 35.0 Å². The molecule has 4 heteroatoms. The Morgan fingerprint density at radius 3 is 2.75 bits per heavy atom. The summed E-state index contributed by atoms with van der Waals surface area (Å²) in [5, 5.41) is 1.19. The molecule has 2 N–H and O–H groups in total. The summed E-state index contributed by atoms with van der Waals surface area (Å²) in [6.45, 7) is 12.1. The molecule has 1 aliphatic rings. The number of rotatable bonds is 4. The van der Waals surface area contributed by atoms with E-state index in [0.717, 1.165) is 19.5 Å². The molecule has 114 valence electrons. The first kappa shape index (κ1) is 15.8. The van der Waals surface area contributed by atoms with Crippen molar-refractivity contribution in [2.45, 2.75) is 65.8 Å². The molecule has 2 heterocycles. The van der Waals surface area contributed by atoms with Gasteiger partial charge in [-0.2, -0.15) is 0 Å². The lowest BCUT2D eigenvalue weighted by molar-refractivity contribution is 0.325. The lowest BCUT2D eigenvalue weighted by Gasteiger charge is -2.23. The SMILES string of the molecule is CCC(C)c1nc(N2CCCC(C)(C)CC2)sc1CN. The van der Waals surface area contributed by atoms with Crippen LogP contribution in [0.25, 0.3) is 0 Å². The van der Waals surface area contributed by atoms with Crippen molar-refractivity contribution >= 4 is 16.5 Å². The molecule has 20 heavy (non-hydrogen) atoms. The number of thiazole rings is 1. The van der Waals surface area contributed by atoms with E-state index in [1.807, 2.05) is 11.3 Å². The smallest absolute Gasteiger partial charge is 0.185 e. The standard InChI is InChI=1S/C16H29N3S/c1-5-12(2)14-13(11-17)20-15(18-14)19-9-6-7-16(3,4)8-10-19/h12H,5-11,17H2,1-4H3. The van der Waals surface area contributed by atoms with Gasteiger partial charge >= 0.3 is 0 Å². The van der Waals surface area contributed by atoms with Crippen LogP contribution < -0.4 is 10.6 Å². The zero-order valence-electron chi connectivity index (χ0n) is 13.4. The number of hydrogen-bond donors (Lipinski definition) is 1. The van der Waals surface area contributed by atoms with Gasteiger partial charge in [-0.05, 0) is 37.0 Å². The minimum Gasteiger partial charge on any atom is -0.348 e. The van der Waals surface area contributed by atoms with Crippen LogP contribution in [0.3, 0.4) is 0 Å². The second-order valence-corrected chi connectivity index (χ2v) is 7.89. The maximum atomic E-state index is 5.91. The first-order chi connectivity index (χ1) is 9.46. The van der Waals surface area contributed by atoms with Gasteiger partial charge in [-0.25, -0.2) is 4.98 Å². The summed E-state index contributed by atoms with van der Waals surface area (Å²) in [5.74, 6) is 0.516. The van der Waals surface area contributed by atoms with Gasteiger partial charge in [0.05, 0.1) is 5.69 Å². The summed E-state index contributed by atoms with van der Waals surface area (Å²) in [6, 6.07) is 0. The Kier molecular flexibility index (Phi) is 5.08. The van der Waals surface area contributed by atoms with Crippen LogP contribution in [0.2, 0.25) is 0 Å². The fraction of sp³-hybridized carbons (Fsp3) is 0.812. The minimum absolute atomic E-state index is 0.474. The third kappa shape index (κ3) is 3.53. The number of nitrogens with zero attached hydrogens (tertiary/aromatic N) is 2. The van der Waals surface area contributed by atoms with Gasteiger partial charge in [0.1, 0.15) is 0 Å². The highest BCUT2D eigenvalue weighted by Gasteiger charge is 2.25. The van der Waals surface area contributed by atoms with E-state index in [9.17, 15) is 0 Å². The Morgan fingerprint density at radius 2 is 2.10 bits per heavy atom. The van der Waals surface area contributed by atoms with E-state index >= 15 is 0 Å². The van der Waals surface area contributed by atoms with Gasteiger partial charge in [0.25, 0.3) is 0 Å². The van der Waals surface area contributed by atoms with Gasteiger partial charge in [-0.1, -0.05) is 27.7 Å². The molecule has 0 saturated carbocycles. The van der Waals surface area contributed by atoms with Crippen molar-refractivity contribution in [3.8, 4) is 0 Å². The fourth-order valence-corrected chi connectivity index (χ4v) is 3.94. The molecule has 1 aromatic heterocycles. The number of aromatic nitrogens is 1. The zero-order valence-corrected chi connectivity index (χ0v) is 14.2. The Hall–Kier alpha value is -0.610. The summed E-state index contributed by atoms with van der Waals surface area (Å²) in [7, 11) is 0. The van der Waals surface area contributed by atoms with Crippen LogP contribution in [0.5, 0.6) is 0 Å². The van der Waals surface area contributed by atoms with Gasteiger partial charge in [-0.15, -0.1) is 11.3 Å². The maximum Gasteiger partial charge on any atom is 0.185 e. The topological polar surface area (TPSA) is 42.2 Å². The molecule has 0 radical (unpaired) electrons. The molecule has 0 aliphatic carbocycles. The van der Waals surface area contributed by atoms with Crippen LogP contribution in [-0.4, -0.2) is 18.1 Å². The highest BCUT2D eigenvalue weighted by molar-refractivity contribution is 7.15. The lowest BCUT2D eigenvalue weighted by Crippen LogP contribution is -2.24. The minimum atomic E-state index is 0.474. The molecular formula is C16H29N3S. The van der Waals surface area contributed by atoms with E-state index in [4.69, 9.17) is 10.7 Å². The van der Waals surface area contributed by atoms with E-state index < -0.39 is 0 Å². The van der Waals surface area contributed by atoms with Crippen molar-refractivity contribution in [1.82, 2.24) is 4.98 Å². The van der Waals surface area contributed by atoms with Gasteiger partial charge < -0.3 is 10.6 Å². The van der Waals surface area contributed by atoms with Crippen LogP contribution >= 0.6 is 11.3 Å². The van der Waals surface area contributed by atoms with Crippen LogP contribution in [-0.2, 0) is 6.54 Å². The van der Waals surface area contributed by atoms with Crippen LogP contribution in [0.15, 0.2) is 0 Å². The first-order valence-corrected chi connectivity index (χ1v) is 8.73. The van der Waals surface area contributed by atoms with Gasteiger partial charge in [0, 0.05) is 24.5 Å². The molecule has 0 bridgehead atoms. The highest BCUT2D eigenvalue weighted by atomic mass is 32.1. The molecule has 0 amide bonds. The van der Waals surface area contributed by atoms with E-state index in [2.05, 4.69) is 32.6 Å². The molecule has 1 fully saturated rings. The molecule has 1 atom stereocenters. The predicted octanol–water partition coefficient (Wildman–Crippen LogP) is 4.13. The Morgan fingerprint density at radius 1 is 1.35 bits per heavy atom. The monoisotopic (exact) mass is 295 g/mol. The third-order valence-corrected chi connectivity index (χ3v) is 5.75. The van der Waals surface area contributed by atoms with Crippen LogP contribution in [0, 0.1) is 5.41 Å². The number of nitrogens with two attached hydrogens (primary N) is 1. The summed E-state index contributed by atoms with van der Waals surface area (Å²) >= 11 is 1.81. The summed E-state index contributed by atoms with van der Waals surface area (Å²) in [4.78, 5) is 8.68. The van der Waals surface area contributed by atoms with Crippen molar-refractivity contribution in [1.29, 1.82) is 0 Å². The average molecular weight is 295 g/mol. The quantitative estimate of drug-likeness (QED) is 0.908. The predicted molar refractivity (Wildman–Crippen MR) is 88.6 cm³/mol. The summed E-state index contributed by atoms with van der Waals surface area (Å²) in [5.41, 5.74) is 7.62. The molecular weight excluding hydrogens is 266 g/mol. The van der Waals surface area contributed by atoms with E-state index in [0.29, 0.717) is 17.9 Å². The molecule has 1 saturated heterocycles. The van der Waals surface area contributed by atoms with Crippen LogP contribution in [0.4, 0.5) is 5.13 Å². The van der Waals surface area contributed by atoms with Gasteiger partial charge in [0.2, 0.25) is 0 Å². The third-order valence-electron chi connectivity index (χ3n) is 4.59. The Bertz CT molecular complexity index is 439. The summed E-state index contributed by atoms with van der Waals surface area (Å²) in [6.07, 6.45) is 4.96. The molecule has 0 aromatic carbocycles. The first-order valence-electron chi connectivity index (χ1n) is 7.91. The molecule has 3 nitrogen and oxygen atoms in total.